The Balaban J connectivity index is 1.91. The van der Waals surface area contributed by atoms with Crippen molar-refractivity contribution in [3.63, 3.8) is 0 Å². The Bertz CT molecular complexity index is 221. The van der Waals surface area contributed by atoms with E-state index in [9.17, 15) is 0 Å². The van der Waals surface area contributed by atoms with Crippen molar-refractivity contribution >= 4 is 0 Å². The maximum atomic E-state index is 3.68. The third kappa shape index (κ3) is 2.82. The van der Waals surface area contributed by atoms with Gasteiger partial charge in [0.25, 0.3) is 0 Å². The summed E-state index contributed by atoms with van der Waals surface area (Å²) in [4.78, 5) is 2.68. The summed E-state index contributed by atoms with van der Waals surface area (Å²) >= 11 is 0. The fourth-order valence-corrected chi connectivity index (χ4v) is 2.57. The first-order valence-corrected chi connectivity index (χ1v) is 6.43. The van der Waals surface area contributed by atoms with Crippen molar-refractivity contribution in [1.29, 1.82) is 0 Å². The van der Waals surface area contributed by atoms with Crippen molar-refractivity contribution < 1.29 is 0 Å². The molecule has 15 heavy (non-hydrogen) atoms. The molecular weight excluding hydrogens is 184 g/mol. The van der Waals surface area contributed by atoms with Gasteiger partial charge < -0.3 is 5.32 Å². The highest BCUT2D eigenvalue weighted by Crippen LogP contribution is 2.36. The topological polar surface area (TPSA) is 15.3 Å². The van der Waals surface area contributed by atoms with Gasteiger partial charge in [-0.3, -0.25) is 4.90 Å². The molecule has 1 N–H and O–H groups in total. The van der Waals surface area contributed by atoms with Crippen molar-refractivity contribution in [2.45, 2.75) is 45.2 Å². The highest BCUT2D eigenvalue weighted by molar-refractivity contribution is 4.97. The van der Waals surface area contributed by atoms with Gasteiger partial charge in [0.05, 0.1) is 0 Å². The van der Waals surface area contributed by atoms with Crippen molar-refractivity contribution in [2.75, 3.05) is 19.6 Å². The first-order chi connectivity index (χ1) is 7.35. The summed E-state index contributed by atoms with van der Waals surface area (Å²) < 4.78 is 0. The molecule has 0 spiro atoms. The number of piperazine rings is 1. The second kappa shape index (κ2) is 5.13. The summed E-state index contributed by atoms with van der Waals surface area (Å²) in [5.74, 6) is 0.987. The molecule has 2 nitrogen and oxygen atoms in total. The molecular formula is C13H24N2. The van der Waals surface area contributed by atoms with Gasteiger partial charge in [-0.05, 0) is 32.1 Å². The van der Waals surface area contributed by atoms with E-state index in [0.717, 1.165) is 18.5 Å². The summed E-state index contributed by atoms with van der Waals surface area (Å²) in [5, 5.41) is 3.68. The lowest BCUT2D eigenvalue weighted by Gasteiger charge is -2.40. The minimum Gasteiger partial charge on any atom is -0.311 e. The molecule has 1 saturated heterocycles. The first-order valence-electron chi connectivity index (χ1n) is 6.43. The molecule has 2 unspecified atom stereocenters. The van der Waals surface area contributed by atoms with Gasteiger partial charge in [-0.25, -0.2) is 0 Å². The molecule has 2 fully saturated rings. The zero-order chi connectivity index (χ0) is 10.7. The summed E-state index contributed by atoms with van der Waals surface area (Å²) in [6.45, 7) is 7.99. The molecule has 1 heterocycles. The zero-order valence-electron chi connectivity index (χ0n) is 10.1. The van der Waals surface area contributed by atoms with Gasteiger partial charge >= 0.3 is 0 Å². The average molecular weight is 208 g/mol. The van der Waals surface area contributed by atoms with Gasteiger partial charge in [0.2, 0.25) is 0 Å². The summed E-state index contributed by atoms with van der Waals surface area (Å²) in [7, 11) is 0. The van der Waals surface area contributed by atoms with E-state index in [0.29, 0.717) is 6.04 Å². The Hall–Kier alpha value is -0.340. The number of hydrogen-bond acceptors (Lipinski definition) is 2. The van der Waals surface area contributed by atoms with Crippen molar-refractivity contribution in [3.05, 3.63) is 12.2 Å². The fraction of sp³-hybridized carbons (Fsp3) is 0.846. The van der Waals surface area contributed by atoms with Crippen molar-refractivity contribution in [2.24, 2.45) is 5.92 Å². The SMILES string of the molecule is C/C=C/CN1CC(CC)NCC1C1CC1. The van der Waals surface area contributed by atoms with Crippen molar-refractivity contribution in [3.8, 4) is 0 Å². The van der Waals surface area contributed by atoms with E-state index in [-0.39, 0.29) is 0 Å². The minimum atomic E-state index is 0.713. The highest BCUT2D eigenvalue weighted by Gasteiger charge is 2.37. The normalized spacial score (nSPS) is 33.7. The Morgan fingerprint density at radius 3 is 2.80 bits per heavy atom. The van der Waals surface area contributed by atoms with Crippen LogP contribution in [0.4, 0.5) is 0 Å². The van der Waals surface area contributed by atoms with E-state index in [1.54, 1.807) is 0 Å². The lowest BCUT2D eigenvalue weighted by Crippen LogP contribution is -2.57. The summed E-state index contributed by atoms with van der Waals surface area (Å²) in [5.41, 5.74) is 0. The number of hydrogen-bond donors (Lipinski definition) is 1. The molecule has 1 aliphatic carbocycles. The van der Waals surface area contributed by atoms with Gasteiger partial charge in [0, 0.05) is 31.7 Å². The van der Waals surface area contributed by atoms with Crippen LogP contribution in [0.3, 0.4) is 0 Å². The average Bonchev–Trinajstić information content (AvgIpc) is 3.09. The zero-order valence-corrected chi connectivity index (χ0v) is 10.1. The molecule has 2 atom stereocenters. The standard InChI is InChI=1S/C13H24N2/c1-3-5-8-15-10-12(4-2)14-9-13(15)11-6-7-11/h3,5,11-14H,4,6-10H2,1-2H3/b5-3+. The molecule has 2 aliphatic rings. The van der Waals surface area contributed by atoms with Gasteiger partial charge in [0.15, 0.2) is 0 Å². The van der Waals surface area contributed by atoms with Crippen LogP contribution in [0.1, 0.15) is 33.1 Å². The smallest absolute Gasteiger partial charge is 0.0252 e. The van der Waals surface area contributed by atoms with Crippen molar-refractivity contribution in [1.82, 2.24) is 10.2 Å². The van der Waals surface area contributed by atoms with Crippen LogP contribution < -0.4 is 5.32 Å². The molecule has 0 amide bonds. The second-order valence-electron chi connectivity index (χ2n) is 4.94. The van der Waals surface area contributed by atoms with Gasteiger partial charge in [-0.1, -0.05) is 19.1 Å². The summed E-state index contributed by atoms with van der Waals surface area (Å²) in [6.07, 6.45) is 8.63. The van der Waals surface area contributed by atoms with E-state index in [1.807, 2.05) is 0 Å². The summed E-state index contributed by atoms with van der Waals surface area (Å²) in [6, 6.07) is 1.52. The molecule has 0 bridgehead atoms. The molecule has 0 radical (unpaired) electrons. The lowest BCUT2D eigenvalue weighted by molar-refractivity contribution is 0.127. The predicted octanol–water partition coefficient (Wildman–Crippen LogP) is 2.02. The fourth-order valence-electron chi connectivity index (χ4n) is 2.57. The molecule has 0 aromatic rings. The first kappa shape index (κ1) is 11.2. The Kier molecular flexibility index (Phi) is 3.81. The molecule has 2 rings (SSSR count). The minimum absolute atomic E-state index is 0.713. The lowest BCUT2D eigenvalue weighted by atomic mass is 10.0. The van der Waals surface area contributed by atoms with E-state index in [1.165, 1.54) is 32.4 Å². The van der Waals surface area contributed by atoms with Crippen LogP contribution in [-0.4, -0.2) is 36.6 Å². The Labute approximate surface area is 93.7 Å². The molecule has 2 heteroatoms. The number of nitrogens with zero attached hydrogens (tertiary/aromatic N) is 1. The Morgan fingerprint density at radius 1 is 1.40 bits per heavy atom. The maximum Gasteiger partial charge on any atom is 0.0252 e. The van der Waals surface area contributed by atoms with Gasteiger partial charge in [-0.15, -0.1) is 0 Å². The van der Waals surface area contributed by atoms with Crippen LogP contribution >= 0.6 is 0 Å². The van der Waals surface area contributed by atoms with Crippen LogP contribution in [0.15, 0.2) is 12.2 Å². The third-order valence-electron chi connectivity index (χ3n) is 3.77. The monoisotopic (exact) mass is 208 g/mol. The third-order valence-corrected chi connectivity index (χ3v) is 3.77. The number of rotatable bonds is 4. The van der Waals surface area contributed by atoms with Gasteiger partial charge in [0.1, 0.15) is 0 Å². The van der Waals surface area contributed by atoms with Crippen LogP contribution in [0.25, 0.3) is 0 Å². The maximum absolute atomic E-state index is 3.68. The largest absolute Gasteiger partial charge is 0.311 e. The van der Waals surface area contributed by atoms with Crippen LogP contribution in [0.2, 0.25) is 0 Å². The molecule has 1 aliphatic heterocycles. The van der Waals surface area contributed by atoms with E-state index in [2.05, 4.69) is 36.2 Å². The van der Waals surface area contributed by atoms with E-state index < -0.39 is 0 Å². The van der Waals surface area contributed by atoms with E-state index >= 15 is 0 Å². The van der Waals surface area contributed by atoms with Crippen LogP contribution in [0.5, 0.6) is 0 Å². The molecule has 1 saturated carbocycles. The number of allylic oxidation sites excluding steroid dienone is 1. The quantitative estimate of drug-likeness (QED) is 0.711. The Morgan fingerprint density at radius 2 is 2.20 bits per heavy atom. The molecule has 86 valence electrons. The van der Waals surface area contributed by atoms with Crippen LogP contribution in [-0.2, 0) is 0 Å². The predicted molar refractivity (Wildman–Crippen MR) is 65.0 cm³/mol. The molecule has 0 aromatic heterocycles. The highest BCUT2D eigenvalue weighted by atomic mass is 15.2. The van der Waals surface area contributed by atoms with Gasteiger partial charge in [-0.2, -0.15) is 0 Å². The van der Waals surface area contributed by atoms with E-state index in [4.69, 9.17) is 0 Å². The van der Waals surface area contributed by atoms with Crippen LogP contribution in [0, 0.1) is 5.92 Å². The second-order valence-corrected chi connectivity index (χ2v) is 4.94. The molecule has 0 aromatic carbocycles. The number of nitrogens with one attached hydrogen (secondary N) is 1.